The van der Waals surface area contributed by atoms with Crippen LogP contribution in [-0.4, -0.2) is 118 Å². The van der Waals surface area contributed by atoms with Gasteiger partial charge in [0.15, 0.2) is 0 Å². The molecule has 4 atom stereocenters. The van der Waals surface area contributed by atoms with Gasteiger partial charge in [0.2, 0.25) is 11.8 Å². The van der Waals surface area contributed by atoms with E-state index in [2.05, 4.69) is 10.6 Å². The van der Waals surface area contributed by atoms with Crippen LogP contribution >= 0.6 is 0 Å². The third-order valence-electron chi connectivity index (χ3n) is 11.9. The molecule has 2 aromatic heterocycles. The van der Waals surface area contributed by atoms with Gasteiger partial charge in [0, 0.05) is 24.2 Å². The van der Waals surface area contributed by atoms with E-state index >= 15 is 0 Å². The van der Waals surface area contributed by atoms with Crippen molar-refractivity contribution >= 4 is 36.2 Å². The van der Waals surface area contributed by atoms with Crippen molar-refractivity contribution in [1.29, 1.82) is 0 Å². The van der Waals surface area contributed by atoms with E-state index in [1.165, 1.54) is 23.4 Å². The second-order valence-electron chi connectivity index (χ2n) is 17.2. The van der Waals surface area contributed by atoms with E-state index < -0.39 is 48.5 Å². The Bertz CT molecular complexity index is 2190. The Kier molecular flexibility index (Phi) is 16.2. The smallest absolute Gasteiger partial charge is 0.420 e. The zero-order valence-corrected chi connectivity index (χ0v) is 39.1. The van der Waals surface area contributed by atoms with Gasteiger partial charge in [0.25, 0.3) is 0 Å². The molecule has 0 radical (unpaired) electrons. The Balaban J connectivity index is 1.28. The number of imidazole rings is 2. The summed E-state index contributed by atoms with van der Waals surface area (Å²) in [7, 11) is 2.50. The number of carbonyl (C=O) groups is 6. The minimum absolute atomic E-state index is 0.201. The molecule has 4 amide bonds. The van der Waals surface area contributed by atoms with Crippen molar-refractivity contribution in [2.75, 3.05) is 40.5 Å². The lowest BCUT2D eigenvalue weighted by Gasteiger charge is -2.30. The van der Waals surface area contributed by atoms with Crippen molar-refractivity contribution in [2.45, 2.75) is 104 Å². The number of hydrogen-bond acceptors (Lipinski definition) is 12. The van der Waals surface area contributed by atoms with Crippen LogP contribution in [0.15, 0.2) is 60.9 Å². The number of alkyl carbamates (subject to hydrolysis) is 2. The quantitative estimate of drug-likeness (QED) is 0.109. The first-order valence-corrected chi connectivity index (χ1v) is 22.7. The first-order chi connectivity index (χ1) is 31.7. The average Bonchev–Trinajstić information content (AvgIpc) is 4.16. The van der Waals surface area contributed by atoms with Crippen LogP contribution in [0.1, 0.15) is 104 Å². The molecule has 0 unspecified atom stereocenters. The van der Waals surface area contributed by atoms with E-state index in [1.54, 1.807) is 22.2 Å². The largest absolute Gasteiger partial charge is 0.453 e. The van der Waals surface area contributed by atoms with E-state index in [9.17, 15) is 28.8 Å². The van der Waals surface area contributed by atoms with Crippen LogP contribution in [0.5, 0.6) is 0 Å². The maximum Gasteiger partial charge on any atom is 0.420 e. The Morgan fingerprint density at radius 1 is 0.591 bits per heavy atom. The van der Waals surface area contributed by atoms with E-state index in [4.69, 9.17) is 28.9 Å². The highest BCUT2D eigenvalue weighted by molar-refractivity contribution is 5.88. The third kappa shape index (κ3) is 10.5. The monoisotopic (exact) mass is 910 g/mol. The van der Waals surface area contributed by atoms with Crippen LogP contribution in [-0.2, 0) is 28.5 Å². The predicted molar refractivity (Wildman–Crippen MR) is 244 cm³/mol. The Morgan fingerprint density at radius 3 is 1.26 bits per heavy atom. The summed E-state index contributed by atoms with van der Waals surface area (Å²) in [5.41, 5.74) is 4.17. The number of carbonyl (C=O) groups excluding carboxylic acids is 6. The topological polar surface area (TPSA) is 206 Å². The molecular weight excluding hydrogens is 849 g/mol. The van der Waals surface area contributed by atoms with Gasteiger partial charge in [-0.1, -0.05) is 90.1 Å². The molecule has 4 aromatic rings. The maximum absolute atomic E-state index is 13.9. The molecule has 2 fully saturated rings. The summed E-state index contributed by atoms with van der Waals surface area (Å²) >= 11 is 0. The van der Waals surface area contributed by atoms with Crippen molar-refractivity contribution in [3.8, 4) is 33.6 Å². The standard InChI is InChI=1S/C48H62N8O10/c1-9-25-65-47(61)55-37(27-49-41(55)35-13-11-23-53(35)43(57)39(29(3)4)51-45(59)63-7)33-19-15-31(16-20-33)32-17-21-34(22-18-32)38-28-50-42(56(38)48(62)66-26-10-2)36-14-12-24-54(36)44(58)40(30(5)6)52-46(60)64-8/h15-22,27-30,35-36,39-40H,9-14,23-26H2,1-8H3,(H,51,59)(H,52,60)/t35-,36-,39-,40-/m0/s1. The van der Waals surface area contributed by atoms with Gasteiger partial charge < -0.3 is 39.4 Å². The molecule has 0 saturated carbocycles. The van der Waals surface area contributed by atoms with Gasteiger partial charge in [-0.2, -0.15) is 0 Å². The number of nitrogens with one attached hydrogen (secondary N) is 2. The molecule has 2 saturated heterocycles. The van der Waals surface area contributed by atoms with Gasteiger partial charge in [0.1, 0.15) is 23.7 Å². The van der Waals surface area contributed by atoms with Crippen LogP contribution < -0.4 is 10.6 Å². The lowest BCUT2D eigenvalue weighted by atomic mass is 10.0. The second-order valence-corrected chi connectivity index (χ2v) is 17.2. The number of rotatable bonds is 15. The van der Waals surface area contributed by atoms with Crippen LogP contribution in [0.3, 0.4) is 0 Å². The minimum atomic E-state index is -0.835. The third-order valence-corrected chi connectivity index (χ3v) is 11.9. The summed E-state index contributed by atoms with van der Waals surface area (Å²) in [6, 6.07) is 12.6. The Morgan fingerprint density at radius 2 is 0.939 bits per heavy atom. The van der Waals surface area contributed by atoms with Gasteiger partial charge in [-0.25, -0.2) is 38.3 Å². The van der Waals surface area contributed by atoms with Crippen LogP contribution in [0, 0.1) is 11.8 Å². The molecule has 2 aliphatic heterocycles. The highest BCUT2D eigenvalue weighted by Gasteiger charge is 2.41. The number of methoxy groups -OCH3 is 2. The Labute approximate surface area is 385 Å². The molecule has 354 valence electrons. The van der Waals surface area contributed by atoms with E-state index in [0.29, 0.717) is 85.8 Å². The lowest BCUT2D eigenvalue weighted by Crippen LogP contribution is -2.51. The summed E-state index contributed by atoms with van der Waals surface area (Å²) < 4.78 is 23.8. The van der Waals surface area contributed by atoms with Crippen LogP contribution in [0.2, 0.25) is 0 Å². The fraction of sp³-hybridized carbons (Fsp3) is 0.500. The number of ether oxygens (including phenoxy) is 4. The summed E-state index contributed by atoms with van der Waals surface area (Å²) in [5, 5.41) is 5.33. The van der Waals surface area contributed by atoms with E-state index in [0.717, 1.165) is 11.1 Å². The van der Waals surface area contributed by atoms with Crippen LogP contribution in [0.4, 0.5) is 19.2 Å². The van der Waals surface area contributed by atoms with E-state index in [1.807, 2.05) is 90.1 Å². The van der Waals surface area contributed by atoms with Crippen molar-refractivity contribution < 1.29 is 47.7 Å². The first kappa shape index (κ1) is 48.7. The molecule has 18 heteroatoms. The van der Waals surface area contributed by atoms with Crippen molar-refractivity contribution in [2.24, 2.45) is 11.8 Å². The number of hydrogen-bond donors (Lipinski definition) is 2. The molecule has 0 bridgehead atoms. The molecule has 6 rings (SSSR count). The van der Waals surface area contributed by atoms with Crippen molar-refractivity contribution in [3.63, 3.8) is 0 Å². The minimum Gasteiger partial charge on any atom is -0.453 e. The molecule has 18 nitrogen and oxygen atoms in total. The van der Waals surface area contributed by atoms with Gasteiger partial charge in [0.05, 0.1) is 63.3 Å². The highest BCUT2D eigenvalue weighted by Crippen LogP contribution is 2.38. The van der Waals surface area contributed by atoms with Crippen LogP contribution in [0.25, 0.3) is 33.6 Å². The summed E-state index contributed by atoms with van der Waals surface area (Å²) in [6.45, 7) is 12.4. The molecule has 4 heterocycles. The molecule has 0 aliphatic carbocycles. The maximum atomic E-state index is 13.9. The normalized spacial score (nSPS) is 16.8. The summed E-state index contributed by atoms with van der Waals surface area (Å²) in [5.74, 6) is -0.269. The molecule has 66 heavy (non-hydrogen) atoms. The number of benzene rings is 2. The van der Waals surface area contributed by atoms with Gasteiger partial charge >= 0.3 is 24.4 Å². The zero-order valence-electron chi connectivity index (χ0n) is 39.1. The number of amides is 4. The molecule has 2 aliphatic rings. The van der Waals surface area contributed by atoms with Crippen molar-refractivity contribution in [1.82, 2.24) is 39.5 Å². The first-order valence-electron chi connectivity index (χ1n) is 22.7. The highest BCUT2D eigenvalue weighted by atomic mass is 16.6. The molecule has 0 spiro atoms. The van der Waals surface area contributed by atoms with Gasteiger partial charge in [-0.05, 0) is 61.5 Å². The lowest BCUT2D eigenvalue weighted by molar-refractivity contribution is -0.136. The van der Waals surface area contributed by atoms with Crippen molar-refractivity contribution in [3.05, 3.63) is 72.6 Å². The zero-order chi connectivity index (χ0) is 47.7. The van der Waals surface area contributed by atoms with Gasteiger partial charge in [-0.15, -0.1) is 0 Å². The SMILES string of the molecule is CCCOC(=O)n1c(-c2ccc(-c3ccc(-c4cnc([C@@H]5CCCN5C(=O)[C@@H](NC(=O)OC)C(C)C)n4C(=O)OCCC)cc3)cc2)cnc1[C@@H]1CCCN1C(=O)[C@@H](NC(=O)OC)C(C)C. The Hall–Kier alpha value is -6.72. The molecule has 2 aromatic carbocycles. The van der Waals surface area contributed by atoms with E-state index in [-0.39, 0.29) is 36.9 Å². The average molecular weight is 911 g/mol. The number of likely N-dealkylation sites (tertiary alicyclic amines) is 2. The van der Waals surface area contributed by atoms with Gasteiger partial charge in [-0.3, -0.25) is 9.59 Å². The predicted octanol–water partition coefficient (Wildman–Crippen LogP) is 7.96. The fourth-order valence-corrected chi connectivity index (χ4v) is 8.52. The molecule has 2 N–H and O–H groups in total. The summed E-state index contributed by atoms with van der Waals surface area (Å²) in [6.07, 6.45) is 4.35. The fourth-order valence-electron chi connectivity index (χ4n) is 8.52. The second kappa shape index (κ2) is 22.0. The number of aromatic nitrogens is 4. The molecular formula is C48H62N8O10. The summed E-state index contributed by atoms with van der Waals surface area (Å²) in [4.78, 5) is 92.5. The number of nitrogens with zero attached hydrogens (tertiary/aromatic N) is 6.